The van der Waals surface area contributed by atoms with Gasteiger partial charge in [-0.15, -0.1) is 0 Å². The fraction of sp³-hybridized carbons (Fsp3) is 0.211. The summed E-state index contributed by atoms with van der Waals surface area (Å²) in [5, 5.41) is 33.3. The van der Waals surface area contributed by atoms with E-state index in [0.717, 1.165) is 12.7 Å². The number of rotatable bonds is 8. The van der Waals surface area contributed by atoms with Crippen molar-refractivity contribution < 1.29 is 24.3 Å². The van der Waals surface area contributed by atoms with Gasteiger partial charge in [-0.2, -0.15) is 0 Å². The molecule has 0 saturated carbocycles. The van der Waals surface area contributed by atoms with E-state index in [9.17, 15) is 20.0 Å². The summed E-state index contributed by atoms with van der Waals surface area (Å²) in [5.74, 6) is -0.855. The number of aliphatic hydroxyl groups excluding tert-OH is 1. The fourth-order valence-electron chi connectivity index (χ4n) is 2.57. The monoisotopic (exact) mass is 399 g/mol. The number of nitrogens with one attached hydrogen (secondary N) is 1. The van der Waals surface area contributed by atoms with Gasteiger partial charge in [0, 0.05) is 24.2 Å². The molecule has 2 N–H and O–H groups in total. The topological polar surface area (TPSA) is 139 Å². The van der Waals surface area contributed by atoms with Crippen LogP contribution in [0.25, 0.3) is 4.98 Å². The number of esters is 1. The number of nitro groups is 1. The third kappa shape index (κ3) is 5.43. The molecule has 1 unspecified atom stereocenters. The average molecular weight is 399 g/mol. The molecule has 0 aromatic heterocycles. The van der Waals surface area contributed by atoms with Crippen LogP contribution in [0.2, 0.25) is 0 Å². The van der Waals surface area contributed by atoms with Crippen LogP contribution in [0.15, 0.2) is 60.0 Å². The van der Waals surface area contributed by atoms with Crippen LogP contribution in [0.3, 0.4) is 0 Å². The zero-order valence-corrected chi connectivity index (χ0v) is 15.7. The van der Waals surface area contributed by atoms with Crippen molar-refractivity contribution in [3.05, 3.63) is 80.6 Å². The third-order valence-electron chi connectivity index (χ3n) is 4.09. The molecule has 0 aliphatic rings. The molecule has 2 rings (SSSR count). The van der Waals surface area contributed by atoms with Gasteiger partial charge in [-0.1, -0.05) is 12.1 Å². The quantitative estimate of drug-likeness (QED) is 0.170. The normalized spacial score (nSPS) is 12.2. The van der Waals surface area contributed by atoms with Crippen molar-refractivity contribution in [2.45, 2.75) is 12.5 Å². The second-order valence-electron chi connectivity index (χ2n) is 5.87. The molecule has 0 radical (unpaired) electrons. The van der Waals surface area contributed by atoms with E-state index >= 15 is 0 Å². The van der Waals surface area contributed by atoms with Gasteiger partial charge in [-0.25, -0.2) is 4.79 Å². The zero-order chi connectivity index (χ0) is 21.4. The fourth-order valence-corrected chi connectivity index (χ4v) is 2.57. The number of benzene rings is 2. The molecule has 2 aromatic carbocycles. The molecular weight excluding hydrogens is 380 g/mol. The lowest BCUT2D eigenvalue weighted by atomic mass is 10.0. The second kappa shape index (κ2) is 9.70. The number of aliphatic hydroxyl groups is 1. The molecule has 0 heterocycles. The van der Waals surface area contributed by atoms with Crippen molar-refractivity contribution >= 4 is 17.3 Å². The van der Waals surface area contributed by atoms with Gasteiger partial charge in [-0.05, 0) is 29.8 Å². The van der Waals surface area contributed by atoms with E-state index in [1.54, 1.807) is 24.3 Å². The summed E-state index contributed by atoms with van der Waals surface area (Å²) in [7, 11) is 2.62. The molecule has 10 nitrogen and oxygen atoms in total. The predicted molar refractivity (Wildman–Crippen MR) is 104 cm³/mol. The Morgan fingerprint density at radius 2 is 1.83 bits per heavy atom. The first-order valence-electron chi connectivity index (χ1n) is 8.40. The van der Waals surface area contributed by atoms with Crippen LogP contribution in [0.1, 0.15) is 18.0 Å². The minimum Gasteiger partial charge on any atom is -0.505 e. The van der Waals surface area contributed by atoms with Gasteiger partial charge in [0.05, 0.1) is 25.2 Å². The molecule has 10 heteroatoms. The van der Waals surface area contributed by atoms with E-state index in [-0.39, 0.29) is 12.1 Å². The smallest absolute Gasteiger partial charge is 0.505 e. The lowest BCUT2D eigenvalue weighted by Crippen LogP contribution is -2.14. The lowest BCUT2D eigenvalue weighted by Gasteiger charge is -2.20. The van der Waals surface area contributed by atoms with Crippen molar-refractivity contribution in [2.24, 2.45) is 0 Å². The SMILES string of the molecule is COC(=O)/C([N+]#N)=C(\O)CC(Nc1ccc([N+](=O)[O-])cc1)c1ccc(OC)cc1. The van der Waals surface area contributed by atoms with Gasteiger partial charge >= 0.3 is 11.7 Å². The van der Waals surface area contributed by atoms with Crippen LogP contribution >= 0.6 is 0 Å². The number of hydrogen-bond acceptors (Lipinski definition) is 8. The molecular formula is C19H19N4O6+. The minimum atomic E-state index is -0.992. The first-order chi connectivity index (χ1) is 13.9. The molecule has 0 spiro atoms. The highest BCUT2D eigenvalue weighted by molar-refractivity contribution is 5.90. The van der Waals surface area contributed by atoms with Crippen molar-refractivity contribution in [1.29, 1.82) is 5.39 Å². The number of nitrogens with zero attached hydrogens (tertiary/aromatic N) is 3. The standard InChI is InChI=1S/C19H18N4O6/c1-28-15-9-3-12(4-10-15)16(11-17(24)18(22-20)19(25)29-2)21-13-5-7-14(8-6-13)23(26)27/h3-10,16,21H,11H2,1-2H3/p+1. The highest BCUT2D eigenvalue weighted by atomic mass is 16.6. The summed E-state index contributed by atoms with van der Waals surface area (Å²) < 4.78 is 9.62. The Kier molecular flexibility index (Phi) is 7.08. The highest BCUT2D eigenvalue weighted by Crippen LogP contribution is 2.29. The third-order valence-corrected chi connectivity index (χ3v) is 4.09. The Hall–Kier alpha value is -4.13. The number of carbonyl (C=O) groups excluding carboxylic acids is 1. The maximum absolute atomic E-state index is 11.7. The summed E-state index contributed by atoms with van der Waals surface area (Å²) in [5.41, 5.74) is 0.588. The maximum atomic E-state index is 11.7. The minimum absolute atomic E-state index is 0.0636. The van der Waals surface area contributed by atoms with Gasteiger partial charge in [0.15, 0.2) is 10.7 Å². The van der Waals surface area contributed by atoms with E-state index in [0.29, 0.717) is 11.4 Å². The summed E-state index contributed by atoms with van der Waals surface area (Å²) in [6, 6.07) is 12.1. The number of non-ortho nitro benzene ring substituents is 1. The van der Waals surface area contributed by atoms with E-state index in [4.69, 9.17) is 10.1 Å². The van der Waals surface area contributed by atoms with E-state index in [1.807, 2.05) is 0 Å². The zero-order valence-electron chi connectivity index (χ0n) is 15.7. The van der Waals surface area contributed by atoms with Crippen LogP contribution in [0.4, 0.5) is 11.4 Å². The Bertz CT molecular complexity index is 948. The molecule has 0 aliphatic heterocycles. The number of hydrogen-bond donors (Lipinski definition) is 2. The Balaban J connectivity index is 2.37. The van der Waals surface area contributed by atoms with Gasteiger partial charge in [0.2, 0.25) is 5.39 Å². The number of methoxy groups -OCH3 is 2. The molecule has 29 heavy (non-hydrogen) atoms. The van der Waals surface area contributed by atoms with Gasteiger partial charge in [-0.3, -0.25) is 10.1 Å². The first kappa shape index (κ1) is 21.2. The Morgan fingerprint density at radius 1 is 1.21 bits per heavy atom. The summed E-state index contributed by atoms with van der Waals surface area (Å²) in [6.07, 6.45) is -0.127. The molecule has 150 valence electrons. The van der Waals surface area contributed by atoms with Crippen molar-refractivity contribution in [3.8, 4) is 5.75 Å². The molecule has 0 saturated heterocycles. The van der Waals surface area contributed by atoms with Crippen LogP contribution in [0, 0.1) is 15.5 Å². The lowest BCUT2D eigenvalue weighted by molar-refractivity contribution is -0.384. The maximum Gasteiger partial charge on any atom is 0.505 e. The molecule has 0 aliphatic carbocycles. The molecule has 0 fully saturated rings. The van der Waals surface area contributed by atoms with Gasteiger partial charge in [0.25, 0.3) is 5.69 Å². The van der Waals surface area contributed by atoms with E-state index in [1.165, 1.54) is 31.4 Å². The number of ether oxygens (including phenoxy) is 2. The van der Waals surface area contributed by atoms with E-state index in [2.05, 4.69) is 15.0 Å². The number of carbonyl (C=O) groups is 1. The van der Waals surface area contributed by atoms with Crippen molar-refractivity contribution in [3.63, 3.8) is 0 Å². The molecule has 0 amide bonds. The van der Waals surface area contributed by atoms with Crippen molar-refractivity contribution in [2.75, 3.05) is 19.5 Å². The van der Waals surface area contributed by atoms with Crippen LogP contribution < -0.4 is 10.1 Å². The van der Waals surface area contributed by atoms with Gasteiger partial charge in [0.1, 0.15) is 5.75 Å². The number of anilines is 1. The number of diazo groups is 1. The highest BCUT2D eigenvalue weighted by Gasteiger charge is 2.31. The van der Waals surface area contributed by atoms with Crippen LogP contribution in [-0.2, 0) is 9.53 Å². The van der Waals surface area contributed by atoms with E-state index < -0.39 is 28.4 Å². The Labute approximate surface area is 166 Å². The number of nitro benzene ring substituents is 1. The molecule has 0 bridgehead atoms. The Morgan fingerprint density at radius 3 is 2.31 bits per heavy atom. The van der Waals surface area contributed by atoms with Gasteiger partial charge < -0.3 is 19.9 Å². The summed E-state index contributed by atoms with van der Waals surface area (Å²) in [6.45, 7) is 0. The second-order valence-corrected chi connectivity index (χ2v) is 5.87. The largest absolute Gasteiger partial charge is 0.505 e. The van der Waals surface area contributed by atoms with Crippen molar-refractivity contribution in [1.82, 2.24) is 0 Å². The van der Waals surface area contributed by atoms with Crippen LogP contribution in [0.5, 0.6) is 5.75 Å². The van der Waals surface area contributed by atoms with Crippen LogP contribution in [-0.4, -0.2) is 30.2 Å². The first-order valence-corrected chi connectivity index (χ1v) is 8.40. The molecule has 1 atom stereocenters. The molecule has 2 aromatic rings. The predicted octanol–water partition coefficient (Wildman–Crippen LogP) is 3.94. The average Bonchev–Trinajstić information content (AvgIpc) is 2.74. The summed E-state index contributed by atoms with van der Waals surface area (Å²) in [4.78, 5) is 24.8. The summed E-state index contributed by atoms with van der Waals surface area (Å²) >= 11 is 0.